The van der Waals surface area contributed by atoms with Crippen LogP contribution < -0.4 is 10.6 Å². The van der Waals surface area contributed by atoms with Gasteiger partial charge in [-0.15, -0.1) is 0 Å². The van der Waals surface area contributed by atoms with E-state index in [1.54, 1.807) is 38.1 Å². The molecule has 12 nitrogen and oxygen atoms in total. The Labute approximate surface area is 352 Å². The van der Waals surface area contributed by atoms with Gasteiger partial charge in [0.15, 0.2) is 0 Å². The second kappa shape index (κ2) is 24.9. The van der Waals surface area contributed by atoms with Crippen LogP contribution in [-0.2, 0) is 51.1 Å². The van der Waals surface area contributed by atoms with E-state index in [-0.39, 0.29) is 51.7 Å². The average Bonchev–Trinajstić information content (AvgIpc) is 3.18. The number of carboxylic acid groups (broad SMARTS) is 2. The van der Waals surface area contributed by atoms with Gasteiger partial charge in [-0.2, -0.15) is 0 Å². The number of aliphatic carboxylic acids is 2. The lowest BCUT2D eigenvalue weighted by atomic mass is 9.99. The summed E-state index contributed by atoms with van der Waals surface area (Å²) in [4.78, 5) is 69.1. The molecule has 4 aromatic rings. The molecule has 2 amide bonds. The molecule has 0 aliphatic heterocycles. The van der Waals surface area contributed by atoms with Crippen molar-refractivity contribution in [2.45, 2.75) is 77.3 Å². The number of amides is 2. The molecule has 59 heavy (non-hydrogen) atoms. The summed E-state index contributed by atoms with van der Waals surface area (Å²) in [6.07, 6.45) is -0.141. The summed E-state index contributed by atoms with van der Waals surface area (Å²) in [5.74, 6) is -4.24. The second-order valence-corrected chi connectivity index (χ2v) is 14.1. The lowest BCUT2D eigenvalue weighted by Crippen LogP contribution is -2.38. The van der Waals surface area contributed by atoms with Crippen molar-refractivity contribution in [3.05, 3.63) is 118 Å². The number of hydrogen-bond donors (Lipinski definition) is 4. The molecule has 0 unspecified atom stereocenters. The van der Waals surface area contributed by atoms with Crippen LogP contribution in [0.25, 0.3) is 22.3 Å². The van der Waals surface area contributed by atoms with Gasteiger partial charge in [0.05, 0.1) is 38.9 Å². The predicted molar refractivity (Wildman–Crippen MR) is 221 cm³/mol. The first-order chi connectivity index (χ1) is 28.1. The number of benzene rings is 4. The Morgan fingerprint density at radius 3 is 1.49 bits per heavy atom. The van der Waals surface area contributed by atoms with Gasteiger partial charge in [0.1, 0.15) is 5.82 Å². The minimum atomic E-state index is -1.07. The molecule has 0 aliphatic rings. The number of hydrogen-bond acceptors (Lipinski definition) is 8. The molecule has 4 rings (SSSR count). The van der Waals surface area contributed by atoms with Gasteiger partial charge < -0.3 is 30.3 Å². The summed E-state index contributed by atoms with van der Waals surface area (Å²) in [5.41, 5.74) is 4.76. The lowest BCUT2D eigenvalue weighted by molar-refractivity contribution is -0.145. The van der Waals surface area contributed by atoms with Gasteiger partial charge in [0, 0.05) is 40.5 Å². The monoisotopic (exact) mass is 852 g/mol. The summed E-state index contributed by atoms with van der Waals surface area (Å²) in [6.45, 7) is 3.88. The smallest absolute Gasteiger partial charge is 0.307 e. The summed E-state index contributed by atoms with van der Waals surface area (Å²) >= 11 is 12.0. The third-order valence-corrected chi connectivity index (χ3v) is 9.04. The van der Waals surface area contributed by atoms with Crippen LogP contribution in [0.4, 0.5) is 4.39 Å². The fourth-order valence-electron chi connectivity index (χ4n) is 5.84. The van der Waals surface area contributed by atoms with E-state index in [1.807, 2.05) is 48.5 Å². The minimum Gasteiger partial charge on any atom is -0.481 e. The average molecular weight is 854 g/mol. The summed E-state index contributed by atoms with van der Waals surface area (Å²) in [5, 5.41) is 24.0. The maximum atomic E-state index is 14.1. The van der Waals surface area contributed by atoms with Crippen LogP contribution in [0.5, 0.6) is 0 Å². The zero-order valence-electron chi connectivity index (χ0n) is 32.7. The molecule has 2 atom stereocenters. The zero-order chi connectivity index (χ0) is 43.3. The Kier molecular flexibility index (Phi) is 20.1. The van der Waals surface area contributed by atoms with Crippen LogP contribution in [0.3, 0.4) is 0 Å². The quantitative estimate of drug-likeness (QED) is 0.0639. The van der Waals surface area contributed by atoms with E-state index < -0.39 is 53.6 Å². The first-order valence-corrected chi connectivity index (χ1v) is 19.6. The van der Waals surface area contributed by atoms with Crippen LogP contribution in [0, 0.1) is 5.82 Å². The third-order valence-electron chi connectivity index (χ3n) is 8.57. The molecule has 15 heteroatoms. The molecular formula is C44H47Cl2FN2O10. The highest BCUT2D eigenvalue weighted by Crippen LogP contribution is 2.27. The summed E-state index contributed by atoms with van der Waals surface area (Å²) in [7, 11) is 0. The van der Waals surface area contributed by atoms with Gasteiger partial charge in [-0.25, -0.2) is 4.39 Å². The van der Waals surface area contributed by atoms with E-state index in [0.29, 0.717) is 34.0 Å². The zero-order valence-corrected chi connectivity index (χ0v) is 34.2. The normalized spacial score (nSPS) is 11.5. The van der Waals surface area contributed by atoms with Crippen molar-refractivity contribution in [2.24, 2.45) is 0 Å². The molecular weight excluding hydrogens is 806 g/mol. The van der Waals surface area contributed by atoms with E-state index in [2.05, 4.69) is 10.6 Å². The minimum absolute atomic E-state index is 0.0166. The predicted octanol–water partition coefficient (Wildman–Crippen LogP) is 7.84. The van der Waals surface area contributed by atoms with Crippen LogP contribution in [0.15, 0.2) is 91.0 Å². The molecule has 0 aromatic heterocycles. The number of rotatable bonds is 20. The van der Waals surface area contributed by atoms with Crippen molar-refractivity contribution in [3.8, 4) is 22.3 Å². The highest BCUT2D eigenvalue weighted by atomic mass is 35.5. The Morgan fingerprint density at radius 2 is 1.05 bits per heavy atom. The standard InChI is InChI=1S/C22H23ClFNO5.C22H24ClNO5/c1-2-30-22(29)13-17(25-20(26)9-10-21(27)28)11-14-3-5-15(6-4-14)18-12-16(23)7-8-19(18)24;1-2-29-22(28)14-19(24-20(25)10-11-21(26)27)12-15-6-8-16(9-7-15)17-4-3-5-18(23)13-17/h3-8,12,17H,2,9-11,13H2,1H3,(H,25,26)(H,27,28);3-9,13,19H,2,10-12,14H2,1H3,(H,24,25)(H,26,27)/t17-;19-/m11/s1. The van der Waals surface area contributed by atoms with Gasteiger partial charge in [-0.05, 0) is 84.8 Å². The Bertz CT molecular complexity index is 2040. The Hall–Kier alpha value is -5.79. The van der Waals surface area contributed by atoms with Crippen molar-refractivity contribution in [3.63, 3.8) is 0 Å². The van der Waals surface area contributed by atoms with Crippen LogP contribution in [-0.4, -0.2) is 71.2 Å². The maximum Gasteiger partial charge on any atom is 0.307 e. The van der Waals surface area contributed by atoms with E-state index in [0.717, 1.165) is 22.3 Å². The van der Waals surface area contributed by atoms with Gasteiger partial charge in [0.2, 0.25) is 11.8 Å². The molecule has 0 heterocycles. The van der Waals surface area contributed by atoms with E-state index in [1.165, 1.54) is 18.2 Å². The highest BCUT2D eigenvalue weighted by molar-refractivity contribution is 6.31. The number of ether oxygens (including phenoxy) is 2. The molecule has 4 N–H and O–H groups in total. The van der Waals surface area contributed by atoms with Crippen molar-refractivity contribution in [1.29, 1.82) is 0 Å². The molecule has 314 valence electrons. The molecule has 0 saturated carbocycles. The van der Waals surface area contributed by atoms with Crippen LogP contribution in [0.1, 0.15) is 63.5 Å². The van der Waals surface area contributed by atoms with Crippen molar-refractivity contribution < 1.29 is 52.8 Å². The number of nitrogens with one attached hydrogen (secondary N) is 2. The summed E-state index contributed by atoms with van der Waals surface area (Å²) in [6, 6.07) is 25.6. The number of carboxylic acids is 2. The van der Waals surface area contributed by atoms with Crippen molar-refractivity contribution in [2.75, 3.05) is 13.2 Å². The summed E-state index contributed by atoms with van der Waals surface area (Å²) < 4.78 is 24.0. The number of carbonyl (C=O) groups excluding carboxylic acids is 4. The SMILES string of the molecule is CCOC(=O)C[C@@H](Cc1ccc(-c2cc(Cl)ccc2F)cc1)NC(=O)CCC(=O)O.CCOC(=O)C[C@@H](Cc1ccc(-c2cccc(Cl)c2)cc1)NC(=O)CCC(=O)O. The Balaban J connectivity index is 0.000000316. The highest BCUT2D eigenvalue weighted by Gasteiger charge is 2.20. The molecule has 0 fully saturated rings. The molecule has 0 spiro atoms. The fraction of sp³-hybridized carbons (Fsp3) is 0.318. The van der Waals surface area contributed by atoms with Gasteiger partial charge in [-0.3, -0.25) is 28.8 Å². The molecule has 4 aromatic carbocycles. The number of halogens is 3. The third kappa shape index (κ3) is 18.1. The Morgan fingerprint density at radius 1 is 0.593 bits per heavy atom. The van der Waals surface area contributed by atoms with E-state index in [9.17, 15) is 33.2 Å². The maximum absolute atomic E-state index is 14.1. The molecule has 0 bridgehead atoms. The largest absolute Gasteiger partial charge is 0.481 e. The lowest BCUT2D eigenvalue weighted by Gasteiger charge is -2.18. The first-order valence-electron chi connectivity index (χ1n) is 18.9. The van der Waals surface area contributed by atoms with Gasteiger partial charge in [-0.1, -0.05) is 83.9 Å². The van der Waals surface area contributed by atoms with E-state index in [4.69, 9.17) is 42.9 Å². The molecule has 0 saturated heterocycles. The topological polar surface area (TPSA) is 185 Å². The van der Waals surface area contributed by atoms with Crippen molar-refractivity contribution >= 4 is 58.9 Å². The number of esters is 2. The van der Waals surface area contributed by atoms with Crippen molar-refractivity contribution in [1.82, 2.24) is 10.6 Å². The van der Waals surface area contributed by atoms with Crippen LogP contribution in [0.2, 0.25) is 10.0 Å². The molecule has 0 radical (unpaired) electrons. The number of carbonyl (C=O) groups is 6. The first kappa shape index (κ1) is 47.6. The fourth-order valence-corrected chi connectivity index (χ4v) is 6.20. The van der Waals surface area contributed by atoms with E-state index >= 15 is 0 Å². The second-order valence-electron chi connectivity index (χ2n) is 13.3. The van der Waals surface area contributed by atoms with Crippen LogP contribution >= 0.6 is 23.2 Å². The van der Waals surface area contributed by atoms with Gasteiger partial charge in [0.25, 0.3) is 0 Å². The molecule has 0 aliphatic carbocycles. The van der Waals surface area contributed by atoms with Gasteiger partial charge >= 0.3 is 23.9 Å².